The van der Waals surface area contributed by atoms with Gasteiger partial charge in [-0.1, -0.05) is 33.6 Å². The molecular weight excluding hydrogens is 324 g/mol. The predicted molar refractivity (Wildman–Crippen MR) is 72.8 cm³/mol. The van der Waals surface area contributed by atoms with Gasteiger partial charge in [-0.25, -0.2) is 8.78 Å². The maximum absolute atomic E-state index is 13.1. The third kappa shape index (κ3) is 3.43. The molecule has 1 N–H and O–H groups in total. The molecule has 0 radical (unpaired) electrons. The van der Waals surface area contributed by atoms with E-state index in [-0.39, 0.29) is 5.82 Å². The van der Waals surface area contributed by atoms with Crippen molar-refractivity contribution in [2.75, 3.05) is 5.32 Å². The van der Waals surface area contributed by atoms with Crippen LogP contribution in [0.1, 0.15) is 5.56 Å². The molecular formula is C13H9BrClF2N. The molecule has 0 bridgehead atoms. The van der Waals surface area contributed by atoms with Crippen LogP contribution >= 0.6 is 27.5 Å². The molecule has 2 aromatic carbocycles. The van der Waals surface area contributed by atoms with E-state index in [1.807, 2.05) is 0 Å². The summed E-state index contributed by atoms with van der Waals surface area (Å²) >= 11 is 9.01. The molecule has 0 saturated heterocycles. The normalized spacial score (nSPS) is 10.4. The van der Waals surface area contributed by atoms with Crippen molar-refractivity contribution in [2.24, 2.45) is 0 Å². The minimum absolute atomic E-state index is 0.306. The highest BCUT2D eigenvalue weighted by atomic mass is 79.9. The molecule has 1 nitrogen and oxygen atoms in total. The standard InChI is InChI=1S/C13H9BrClF2N/c14-13-6-10(16)2-1-8(13)7-18-12-4-9(15)3-11(17)5-12/h1-6,18H,7H2. The molecule has 0 amide bonds. The van der Waals surface area contributed by atoms with Crippen LogP contribution in [0, 0.1) is 11.6 Å². The molecule has 0 aliphatic heterocycles. The van der Waals surface area contributed by atoms with Crippen molar-refractivity contribution in [2.45, 2.75) is 6.54 Å². The second kappa shape index (κ2) is 5.67. The first-order valence-corrected chi connectivity index (χ1v) is 6.35. The molecule has 0 aromatic heterocycles. The Morgan fingerprint density at radius 3 is 2.50 bits per heavy atom. The van der Waals surface area contributed by atoms with Crippen LogP contribution in [0.15, 0.2) is 40.9 Å². The third-order valence-corrected chi connectivity index (χ3v) is 3.32. The Morgan fingerprint density at radius 2 is 1.83 bits per heavy atom. The molecule has 0 atom stereocenters. The molecule has 5 heteroatoms. The van der Waals surface area contributed by atoms with Crippen LogP contribution < -0.4 is 5.32 Å². The lowest BCUT2D eigenvalue weighted by molar-refractivity contribution is 0.626. The maximum atomic E-state index is 13.1. The topological polar surface area (TPSA) is 12.0 Å². The van der Waals surface area contributed by atoms with Crippen molar-refractivity contribution in [1.82, 2.24) is 0 Å². The van der Waals surface area contributed by atoms with Crippen LogP contribution in [0.25, 0.3) is 0 Å². The Balaban J connectivity index is 2.11. The Bertz CT molecular complexity index is 555. The molecule has 0 aliphatic carbocycles. The summed E-state index contributed by atoms with van der Waals surface area (Å²) in [6.07, 6.45) is 0. The van der Waals surface area contributed by atoms with Gasteiger partial charge >= 0.3 is 0 Å². The van der Waals surface area contributed by atoms with Gasteiger partial charge < -0.3 is 5.32 Å². The smallest absolute Gasteiger partial charge is 0.126 e. The first-order valence-electron chi connectivity index (χ1n) is 5.18. The lowest BCUT2D eigenvalue weighted by Gasteiger charge is -2.09. The molecule has 0 saturated carbocycles. The third-order valence-electron chi connectivity index (χ3n) is 2.36. The van der Waals surface area contributed by atoms with E-state index in [4.69, 9.17) is 11.6 Å². The van der Waals surface area contributed by atoms with Crippen LogP contribution in [0.5, 0.6) is 0 Å². The zero-order valence-corrected chi connectivity index (χ0v) is 11.5. The summed E-state index contributed by atoms with van der Waals surface area (Å²) in [5.41, 5.74) is 1.45. The van der Waals surface area contributed by atoms with Crippen molar-refractivity contribution >= 4 is 33.2 Å². The largest absolute Gasteiger partial charge is 0.381 e. The molecule has 0 spiro atoms. The average molecular weight is 333 g/mol. The van der Waals surface area contributed by atoms with E-state index in [1.165, 1.54) is 24.3 Å². The van der Waals surface area contributed by atoms with Gasteiger partial charge in [0.25, 0.3) is 0 Å². The minimum Gasteiger partial charge on any atom is -0.381 e. The summed E-state index contributed by atoms with van der Waals surface area (Å²) < 4.78 is 26.7. The number of benzene rings is 2. The Kier molecular flexibility index (Phi) is 4.19. The molecule has 2 aromatic rings. The van der Waals surface area contributed by atoms with E-state index in [9.17, 15) is 8.78 Å². The molecule has 94 valence electrons. The first-order chi connectivity index (χ1) is 8.54. The second-order valence-electron chi connectivity index (χ2n) is 3.75. The minimum atomic E-state index is -0.400. The lowest BCUT2D eigenvalue weighted by Crippen LogP contribution is -2.00. The van der Waals surface area contributed by atoms with Crippen molar-refractivity contribution in [3.8, 4) is 0 Å². The molecule has 2 rings (SSSR count). The van der Waals surface area contributed by atoms with Gasteiger partial charge in [0.2, 0.25) is 0 Å². The molecule has 0 unspecified atom stereocenters. The van der Waals surface area contributed by atoms with Crippen LogP contribution in [0.3, 0.4) is 0 Å². The first kappa shape index (κ1) is 13.3. The number of anilines is 1. The van der Waals surface area contributed by atoms with E-state index >= 15 is 0 Å². The highest BCUT2D eigenvalue weighted by molar-refractivity contribution is 9.10. The molecule has 18 heavy (non-hydrogen) atoms. The van der Waals surface area contributed by atoms with Gasteiger partial charge in [-0.3, -0.25) is 0 Å². The predicted octanol–water partition coefficient (Wildman–Crippen LogP) is 4.99. The number of rotatable bonds is 3. The summed E-state index contributed by atoms with van der Waals surface area (Å²) in [5.74, 6) is -0.706. The number of hydrogen-bond donors (Lipinski definition) is 1. The second-order valence-corrected chi connectivity index (χ2v) is 5.04. The SMILES string of the molecule is Fc1cc(Cl)cc(NCc2ccc(F)cc2Br)c1. The number of hydrogen-bond acceptors (Lipinski definition) is 1. The van der Waals surface area contributed by atoms with Crippen LogP contribution in [-0.2, 0) is 6.54 Å². The number of halogens is 4. The van der Waals surface area contributed by atoms with Gasteiger partial charge in [0.05, 0.1) is 0 Å². The highest BCUT2D eigenvalue weighted by Gasteiger charge is 2.03. The highest BCUT2D eigenvalue weighted by Crippen LogP contribution is 2.21. The van der Waals surface area contributed by atoms with Crippen LogP contribution in [0.2, 0.25) is 5.02 Å². The van der Waals surface area contributed by atoms with Crippen LogP contribution in [-0.4, -0.2) is 0 Å². The summed E-state index contributed by atoms with van der Waals surface area (Å²) in [7, 11) is 0. The van der Waals surface area contributed by atoms with Gasteiger partial charge in [0.15, 0.2) is 0 Å². The summed E-state index contributed by atoms with van der Waals surface area (Å²) in [6, 6.07) is 8.63. The summed E-state index contributed by atoms with van der Waals surface area (Å²) in [6.45, 7) is 0.445. The summed E-state index contributed by atoms with van der Waals surface area (Å²) in [4.78, 5) is 0. The van der Waals surface area contributed by atoms with Gasteiger partial charge in [-0.2, -0.15) is 0 Å². The van der Waals surface area contributed by atoms with Crippen molar-refractivity contribution < 1.29 is 8.78 Å². The van der Waals surface area contributed by atoms with Crippen molar-refractivity contribution in [3.05, 3.63) is 63.1 Å². The van der Waals surface area contributed by atoms with Gasteiger partial charge in [0, 0.05) is 21.7 Å². The molecule has 0 aliphatic rings. The fraction of sp³-hybridized carbons (Fsp3) is 0.0769. The number of nitrogens with one attached hydrogen (secondary N) is 1. The van der Waals surface area contributed by atoms with Crippen molar-refractivity contribution in [1.29, 1.82) is 0 Å². The lowest BCUT2D eigenvalue weighted by atomic mass is 10.2. The Morgan fingerprint density at radius 1 is 1.06 bits per heavy atom. The Hall–Kier alpha value is -1.13. The van der Waals surface area contributed by atoms with Crippen molar-refractivity contribution in [3.63, 3.8) is 0 Å². The quantitative estimate of drug-likeness (QED) is 0.834. The van der Waals surface area contributed by atoms with E-state index in [1.54, 1.807) is 12.1 Å². The summed E-state index contributed by atoms with van der Waals surface area (Å²) in [5, 5.41) is 3.36. The fourth-order valence-corrected chi connectivity index (χ4v) is 2.23. The monoisotopic (exact) mass is 331 g/mol. The van der Waals surface area contributed by atoms with E-state index in [0.29, 0.717) is 21.7 Å². The molecule has 0 fully saturated rings. The zero-order chi connectivity index (χ0) is 13.1. The fourth-order valence-electron chi connectivity index (χ4n) is 1.52. The van der Waals surface area contributed by atoms with E-state index in [2.05, 4.69) is 21.2 Å². The van der Waals surface area contributed by atoms with Gasteiger partial charge in [-0.05, 0) is 35.9 Å². The van der Waals surface area contributed by atoms with Gasteiger partial charge in [-0.15, -0.1) is 0 Å². The zero-order valence-electron chi connectivity index (χ0n) is 9.18. The van der Waals surface area contributed by atoms with E-state index in [0.717, 1.165) is 5.56 Å². The van der Waals surface area contributed by atoms with Gasteiger partial charge in [0.1, 0.15) is 11.6 Å². The van der Waals surface area contributed by atoms with E-state index < -0.39 is 5.82 Å². The molecule has 0 heterocycles. The van der Waals surface area contributed by atoms with Crippen LogP contribution in [0.4, 0.5) is 14.5 Å². The Labute approximate surface area is 117 Å². The average Bonchev–Trinajstić information content (AvgIpc) is 2.26. The maximum Gasteiger partial charge on any atom is 0.126 e.